The van der Waals surface area contributed by atoms with Crippen LogP contribution in [0.25, 0.3) is 11.0 Å². The Morgan fingerprint density at radius 2 is 2.19 bits per heavy atom. The van der Waals surface area contributed by atoms with Crippen molar-refractivity contribution in [2.24, 2.45) is 5.92 Å². The topological polar surface area (TPSA) is 76.5 Å². The summed E-state index contributed by atoms with van der Waals surface area (Å²) < 4.78 is 36.8. The minimum Gasteiger partial charge on any atom is -0.380 e. The molecule has 2 aromatic rings. The third kappa shape index (κ3) is 4.72. The number of fused-ring (bicyclic) bond motifs is 1. The zero-order valence-electron chi connectivity index (χ0n) is 15.2. The van der Waals surface area contributed by atoms with Gasteiger partial charge in [0.2, 0.25) is 0 Å². The van der Waals surface area contributed by atoms with Crippen LogP contribution < -0.4 is 10.6 Å². The number of anilines is 1. The van der Waals surface area contributed by atoms with Gasteiger partial charge in [-0.2, -0.15) is 18.4 Å². The smallest absolute Gasteiger partial charge is 0.380 e. The zero-order valence-corrected chi connectivity index (χ0v) is 15.2. The average molecular weight is 379 g/mol. The van der Waals surface area contributed by atoms with E-state index >= 15 is 0 Å². The Bertz CT molecular complexity index is 808. The number of pyridine rings is 1. The molecule has 0 bridgehead atoms. The number of hydrogen-bond acceptors (Lipinski definition) is 4. The van der Waals surface area contributed by atoms with Gasteiger partial charge < -0.3 is 15.6 Å². The Kier molecular flexibility index (Phi) is 5.90. The van der Waals surface area contributed by atoms with E-state index in [0.717, 1.165) is 36.0 Å². The summed E-state index contributed by atoms with van der Waals surface area (Å²) in [5.41, 5.74) is 2.01. The van der Waals surface area contributed by atoms with Crippen LogP contribution in [0.4, 0.5) is 18.9 Å². The van der Waals surface area contributed by atoms with Gasteiger partial charge >= 0.3 is 6.18 Å². The molecule has 0 aliphatic heterocycles. The molecule has 0 amide bonds. The van der Waals surface area contributed by atoms with Crippen molar-refractivity contribution in [3.8, 4) is 6.07 Å². The number of aromatic nitrogens is 2. The number of nitrogens with zero attached hydrogens (tertiary/aromatic N) is 2. The van der Waals surface area contributed by atoms with Crippen molar-refractivity contribution in [2.75, 3.05) is 11.9 Å². The Morgan fingerprint density at radius 3 is 2.89 bits per heavy atom. The van der Waals surface area contributed by atoms with Crippen molar-refractivity contribution in [3.05, 3.63) is 24.0 Å². The van der Waals surface area contributed by atoms with Gasteiger partial charge in [-0.25, -0.2) is 4.98 Å². The summed E-state index contributed by atoms with van der Waals surface area (Å²) in [7, 11) is 0. The third-order valence-electron chi connectivity index (χ3n) is 5.33. The Balaban J connectivity index is 1.65. The summed E-state index contributed by atoms with van der Waals surface area (Å²) in [5.74, 6) is 0.402. The monoisotopic (exact) mass is 379 g/mol. The third-order valence-corrected chi connectivity index (χ3v) is 5.33. The first-order valence-electron chi connectivity index (χ1n) is 9.34. The summed E-state index contributed by atoms with van der Waals surface area (Å²) >= 11 is 0. The van der Waals surface area contributed by atoms with Crippen LogP contribution in [-0.4, -0.2) is 34.8 Å². The van der Waals surface area contributed by atoms with E-state index in [9.17, 15) is 18.4 Å². The molecule has 5 nitrogen and oxygen atoms in total. The lowest BCUT2D eigenvalue weighted by molar-refractivity contribution is -0.135. The molecule has 0 spiro atoms. The fourth-order valence-electron chi connectivity index (χ4n) is 3.95. The molecule has 8 heteroatoms. The normalized spacial score (nSPS) is 22.9. The fourth-order valence-corrected chi connectivity index (χ4v) is 3.95. The SMILES string of the molecule is CCC1CC(NCCCC(F)(F)F)CC1Nc1c(C#N)cnc2[nH]ccc12. The predicted molar refractivity (Wildman–Crippen MR) is 98.3 cm³/mol. The van der Waals surface area contributed by atoms with Crippen molar-refractivity contribution in [1.29, 1.82) is 5.26 Å². The van der Waals surface area contributed by atoms with Gasteiger partial charge in [0.25, 0.3) is 0 Å². The highest BCUT2D eigenvalue weighted by Crippen LogP contribution is 2.34. The average Bonchev–Trinajstić information content (AvgIpc) is 3.25. The number of nitriles is 1. The molecule has 0 radical (unpaired) electrons. The second-order valence-corrected chi connectivity index (χ2v) is 7.16. The van der Waals surface area contributed by atoms with Crippen LogP contribution in [0.1, 0.15) is 44.6 Å². The van der Waals surface area contributed by atoms with Crippen LogP contribution in [0, 0.1) is 17.2 Å². The van der Waals surface area contributed by atoms with Crippen LogP contribution in [0.3, 0.4) is 0 Å². The molecule has 3 rings (SSSR count). The molecule has 2 heterocycles. The number of aromatic amines is 1. The van der Waals surface area contributed by atoms with E-state index < -0.39 is 12.6 Å². The maximum atomic E-state index is 12.3. The van der Waals surface area contributed by atoms with E-state index in [-0.39, 0.29) is 18.5 Å². The first-order chi connectivity index (χ1) is 12.9. The minimum atomic E-state index is -4.09. The molecule has 3 atom stereocenters. The van der Waals surface area contributed by atoms with Gasteiger partial charge in [0, 0.05) is 36.3 Å². The van der Waals surface area contributed by atoms with E-state index in [1.807, 2.05) is 6.07 Å². The maximum absolute atomic E-state index is 12.3. The number of rotatable bonds is 7. The molecule has 146 valence electrons. The lowest BCUT2D eigenvalue weighted by Gasteiger charge is -2.21. The number of H-pyrrole nitrogens is 1. The van der Waals surface area contributed by atoms with Crippen LogP contribution in [0.2, 0.25) is 0 Å². The highest BCUT2D eigenvalue weighted by Gasteiger charge is 2.34. The fraction of sp³-hybridized carbons (Fsp3) is 0.579. The molecular weight excluding hydrogens is 355 g/mol. The van der Waals surface area contributed by atoms with Gasteiger partial charge in [0.05, 0.1) is 11.3 Å². The summed E-state index contributed by atoms with van der Waals surface area (Å²) in [6, 6.07) is 4.45. The van der Waals surface area contributed by atoms with E-state index in [1.165, 1.54) is 0 Å². The summed E-state index contributed by atoms with van der Waals surface area (Å²) in [6.07, 6.45) is 1.32. The van der Waals surface area contributed by atoms with Crippen molar-refractivity contribution in [1.82, 2.24) is 15.3 Å². The van der Waals surface area contributed by atoms with Gasteiger partial charge in [-0.3, -0.25) is 0 Å². The van der Waals surface area contributed by atoms with Crippen molar-refractivity contribution < 1.29 is 13.2 Å². The van der Waals surface area contributed by atoms with E-state index in [1.54, 1.807) is 12.4 Å². The van der Waals surface area contributed by atoms with Crippen LogP contribution in [-0.2, 0) is 0 Å². The van der Waals surface area contributed by atoms with Gasteiger partial charge in [-0.05, 0) is 37.8 Å². The van der Waals surface area contributed by atoms with Gasteiger partial charge in [-0.1, -0.05) is 13.3 Å². The standard InChI is InChI=1S/C19H24F3N5/c1-2-12-8-14(24-6-3-5-19(20,21)22)9-16(12)27-17-13(10-23)11-26-18-15(17)4-7-25-18/h4,7,11-12,14,16,24H,2-3,5-6,8-9H2,1H3,(H2,25,26,27). The first-order valence-corrected chi connectivity index (χ1v) is 9.34. The van der Waals surface area contributed by atoms with Crippen molar-refractivity contribution >= 4 is 16.7 Å². The van der Waals surface area contributed by atoms with E-state index in [0.29, 0.717) is 18.0 Å². The molecule has 2 aromatic heterocycles. The largest absolute Gasteiger partial charge is 0.389 e. The number of nitrogens with one attached hydrogen (secondary N) is 3. The molecule has 1 aliphatic rings. The van der Waals surface area contributed by atoms with Crippen LogP contribution >= 0.6 is 0 Å². The number of alkyl halides is 3. The molecular formula is C19H24F3N5. The molecule has 1 saturated carbocycles. The van der Waals surface area contributed by atoms with E-state index in [2.05, 4.69) is 33.6 Å². The number of hydrogen-bond donors (Lipinski definition) is 3. The van der Waals surface area contributed by atoms with Crippen molar-refractivity contribution in [3.63, 3.8) is 0 Å². The molecule has 3 N–H and O–H groups in total. The summed E-state index contributed by atoms with van der Waals surface area (Å²) in [6.45, 7) is 2.49. The lowest BCUT2D eigenvalue weighted by atomic mass is 9.99. The van der Waals surface area contributed by atoms with E-state index in [4.69, 9.17) is 0 Å². The van der Waals surface area contributed by atoms with Gasteiger partial charge in [0.1, 0.15) is 11.7 Å². The minimum absolute atomic E-state index is 0.0990. The molecule has 0 aromatic carbocycles. The van der Waals surface area contributed by atoms with Crippen molar-refractivity contribution in [2.45, 2.75) is 57.3 Å². The first kappa shape index (κ1) is 19.5. The Hall–Kier alpha value is -2.27. The summed E-state index contributed by atoms with van der Waals surface area (Å²) in [5, 5.41) is 17.1. The predicted octanol–water partition coefficient (Wildman–Crippen LogP) is 4.34. The lowest BCUT2D eigenvalue weighted by Crippen LogP contribution is -2.30. The van der Waals surface area contributed by atoms with Gasteiger partial charge in [-0.15, -0.1) is 0 Å². The quantitative estimate of drug-likeness (QED) is 0.626. The molecule has 3 unspecified atom stereocenters. The Labute approximate surface area is 156 Å². The highest BCUT2D eigenvalue weighted by atomic mass is 19.4. The second kappa shape index (κ2) is 8.17. The van der Waals surface area contributed by atoms with Gasteiger partial charge in [0.15, 0.2) is 0 Å². The Morgan fingerprint density at radius 1 is 1.37 bits per heavy atom. The summed E-state index contributed by atoms with van der Waals surface area (Å²) in [4.78, 5) is 7.30. The molecule has 1 aliphatic carbocycles. The number of halogens is 3. The zero-order chi connectivity index (χ0) is 19.4. The highest BCUT2D eigenvalue weighted by molar-refractivity contribution is 5.92. The molecule has 0 saturated heterocycles. The second-order valence-electron chi connectivity index (χ2n) is 7.16. The van der Waals surface area contributed by atoms with Crippen LogP contribution in [0.15, 0.2) is 18.5 Å². The maximum Gasteiger partial charge on any atom is 0.389 e. The van der Waals surface area contributed by atoms with Crippen LogP contribution in [0.5, 0.6) is 0 Å². The molecule has 1 fully saturated rings. The molecule has 27 heavy (non-hydrogen) atoms.